The molecule has 124 valence electrons. The molecule has 2 rings (SSSR count). The summed E-state index contributed by atoms with van der Waals surface area (Å²) in [5.41, 5.74) is 0. The summed E-state index contributed by atoms with van der Waals surface area (Å²) < 4.78 is 5.01. The standard InChI is InChI=1S/C16H21N3O3S/c1-11(18-16(21)13-6-4-8-22-13)15(20)17-10-12(19(2)3)14-7-5-9-23-14/h4-9,11-12H,10H2,1-3H3,(H,17,20)(H,18,21). The molecule has 0 aliphatic rings. The minimum Gasteiger partial charge on any atom is -0.459 e. The first-order chi connectivity index (χ1) is 11.0. The Balaban J connectivity index is 1.86. The van der Waals surface area contributed by atoms with E-state index in [0.717, 1.165) is 0 Å². The Kier molecular flexibility index (Phi) is 5.95. The molecular weight excluding hydrogens is 314 g/mol. The first-order valence-corrected chi connectivity index (χ1v) is 8.19. The predicted octanol–water partition coefficient (Wildman–Crippen LogP) is 1.88. The number of hydrogen-bond donors (Lipinski definition) is 2. The number of amides is 2. The van der Waals surface area contributed by atoms with Crippen LogP contribution in [-0.4, -0.2) is 43.4 Å². The Bertz CT molecular complexity index is 623. The monoisotopic (exact) mass is 335 g/mol. The number of hydrogen-bond acceptors (Lipinski definition) is 5. The van der Waals surface area contributed by atoms with E-state index in [4.69, 9.17) is 4.42 Å². The van der Waals surface area contributed by atoms with Crippen molar-refractivity contribution in [2.75, 3.05) is 20.6 Å². The summed E-state index contributed by atoms with van der Waals surface area (Å²) >= 11 is 1.65. The van der Waals surface area contributed by atoms with Crippen molar-refractivity contribution in [2.24, 2.45) is 0 Å². The van der Waals surface area contributed by atoms with Gasteiger partial charge in [0.2, 0.25) is 5.91 Å². The molecule has 0 aliphatic heterocycles. The normalized spacial score (nSPS) is 13.6. The van der Waals surface area contributed by atoms with Crippen LogP contribution < -0.4 is 10.6 Å². The molecule has 0 spiro atoms. The second-order valence-corrected chi connectivity index (χ2v) is 6.39. The molecule has 2 unspecified atom stereocenters. The maximum Gasteiger partial charge on any atom is 0.287 e. The molecule has 23 heavy (non-hydrogen) atoms. The van der Waals surface area contributed by atoms with Gasteiger partial charge in [-0.15, -0.1) is 11.3 Å². The molecule has 2 amide bonds. The zero-order chi connectivity index (χ0) is 16.8. The number of likely N-dealkylation sites (N-methyl/N-ethyl adjacent to an activating group) is 1. The van der Waals surface area contributed by atoms with Crippen molar-refractivity contribution in [3.63, 3.8) is 0 Å². The molecule has 2 N–H and O–H groups in total. The molecule has 0 radical (unpaired) electrons. The Morgan fingerprint density at radius 3 is 2.65 bits per heavy atom. The number of rotatable bonds is 7. The van der Waals surface area contributed by atoms with Crippen molar-refractivity contribution < 1.29 is 14.0 Å². The van der Waals surface area contributed by atoms with Gasteiger partial charge in [-0.1, -0.05) is 6.07 Å². The van der Waals surface area contributed by atoms with Gasteiger partial charge < -0.3 is 20.0 Å². The molecule has 2 heterocycles. The van der Waals surface area contributed by atoms with E-state index in [-0.39, 0.29) is 17.7 Å². The lowest BCUT2D eigenvalue weighted by Crippen LogP contribution is -2.46. The molecule has 2 aromatic heterocycles. The molecule has 6 nitrogen and oxygen atoms in total. The summed E-state index contributed by atoms with van der Waals surface area (Å²) in [6, 6.07) is 6.68. The highest BCUT2D eigenvalue weighted by atomic mass is 32.1. The third kappa shape index (κ3) is 4.67. The number of thiophene rings is 1. The van der Waals surface area contributed by atoms with E-state index < -0.39 is 11.9 Å². The lowest BCUT2D eigenvalue weighted by molar-refractivity contribution is -0.122. The van der Waals surface area contributed by atoms with Crippen LogP contribution in [-0.2, 0) is 4.79 Å². The van der Waals surface area contributed by atoms with E-state index in [1.54, 1.807) is 30.4 Å². The Labute approximate surface area is 139 Å². The highest BCUT2D eigenvalue weighted by Crippen LogP contribution is 2.22. The van der Waals surface area contributed by atoms with Crippen LogP contribution in [0.15, 0.2) is 40.3 Å². The molecule has 0 aromatic carbocycles. The third-order valence-electron chi connectivity index (χ3n) is 3.45. The first kappa shape index (κ1) is 17.2. The van der Waals surface area contributed by atoms with Crippen LogP contribution in [0, 0.1) is 0 Å². The minimum absolute atomic E-state index is 0.104. The van der Waals surface area contributed by atoms with Crippen LogP contribution >= 0.6 is 11.3 Å². The molecular formula is C16H21N3O3S. The van der Waals surface area contributed by atoms with Crippen LogP contribution in [0.4, 0.5) is 0 Å². The Morgan fingerprint density at radius 2 is 2.09 bits per heavy atom. The second kappa shape index (κ2) is 7.94. The van der Waals surface area contributed by atoms with Gasteiger partial charge in [0.15, 0.2) is 5.76 Å². The van der Waals surface area contributed by atoms with Gasteiger partial charge in [0, 0.05) is 11.4 Å². The zero-order valence-electron chi connectivity index (χ0n) is 13.4. The highest BCUT2D eigenvalue weighted by Gasteiger charge is 2.21. The Morgan fingerprint density at radius 1 is 1.30 bits per heavy atom. The van der Waals surface area contributed by atoms with Crippen LogP contribution in [0.2, 0.25) is 0 Å². The average Bonchev–Trinajstić information content (AvgIpc) is 3.20. The maximum atomic E-state index is 12.2. The van der Waals surface area contributed by atoms with Crippen molar-refractivity contribution in [3.8, 4) is 0 Å². The van der Waals surface area contributed by atoms with Gasteiger partial charge >= 0.3 is 0 Å². The van der Waals surface area contributed by atoms with Crippen LogP contribution in [0.5, 0.6) is 0 Å². The van der Waals surface area contributed by atoms with Crippen molar-refractivity contribution in [1.82, 2.24) is 15.5 Å². The molecule has 2 aromatic rings. The van der Waals surface area contributed by atoms with Gasteiger partial charge in [-0.3, -0.25) is 9.59 Å². The topological polar surface area (TPSA) is 74.6 Å². The second-order valence-electron chi connectivity index (χ2n) is 5.41. The zero-order valence-corrected chi connectivity index (χ0v) is 14.2. The van der Waals surface area contributed by atoms with E-state index >= 15 is 0 Å². The average molecular weight is 335 g/mol. The van der Waals surface area contributed by atoms with Crippen LogP contribution in [0.1, 0.15) is 28.4 Å². The highest BCUT2D eigenvalue weighted by molar-refractivity contribution is 7.10. The van der Waals surface area contributed by atoms with E-state index in [9.17, 15) is 9.59 Å². The van der Waals surface area contributed by atoms with Gasteiger partial charge in [0.1, 0.15) is 6.04 Å². The van der Waals surface area contributed by atoms with Gasteiger partial charge in [0.25, 0.3) is 5.91 Å². The quantitative estimate of drug-likeness (QED) is 0.810. The van der Waals surface area contributed by atoms with Crippen molar-refractivity contribution in [2.45, 2.75) is 19.0 Å². The Hall–Kier alpha value is -2.12. The molecule has 0 aliphatic carbocycles. The predicted molar refractivity (Wildman–Crippen MR) is 89.4 cm³/mol. The van der Waals surface area contributed by atoms with Crippen LogP contribution in [0.3, 0.4) is 0 Å². The number of nitrogens with zero attached hydrogens (tertiary/aromatic N) is 1. The van der Waals surface area contributed by atoms with Gasteiger partial charge in [-0.25, -0.2) is 0 Å². The van der Waals surface area contributed by atoms with E-state index in [1.807, 2.05) is 31.6 Å². The van der Waals surface area contributed by atoms with Crippen molar-refractivity contribution >= 4 is 23.2 Å². The molecule has 0 bridgehead atoms. The lowest BCUT2D eigenvalue weighted by Gasteiger charge is -2.24. The fraction of sp³-hybridized carbons (Fsp3) is 0.375. The van der Waals surface area contributed by atoms with Crippen LogP contribution in [0.25, 0.3) is 0 Å². The fourth-order valence-electron chi connectivity index (χ4n) is 2.11. The lowest BCUT2D eigenvalue weighted by atomic mass is 10.2. The summed E-state index contributed by atoms with van der Waals surface area (Å²) in [4.78, 5) is 27.3. The van der Waals surface area contributed by atoms with E-state index in [1.165, 1.54) is 11.1 Å². The number of nitrogens with one attached hydrogen (secondary N) is 2. The molecule has 2 atom stereocenters. The van der Waals surface area contributed by atoms with Gasteiger partial charge in [-0.2, -0.15) is 0 Å². The molecule has 7 heteroatoms. The van der Waals surface area contributed by atoms with E-state index in [2.05, 4.69) is 15.5 Å². The summed E-state index contributed by atoms with van der Waals surface area (Å²) in [5, 5.41) is 7.51. The van der Waals surface area contributed by atoms with E-state index in [0.29, 0.717) is 6.54 Å². The third-order valence-corrected chi connectivity index (χ3v) is 4.42. The summed E-state index contributed by atoms with van der Waals surface area (Å²) in [6.07, 6.45) is 1.42. The number of carbonyl (C=O) groups is 2. The SMILES string of the molecule is CC(NC(=O)c1ccco1)C(=O)NCC(c1cccs1)N(C)C. The largest absolute Gasteiger partial charge is 0.459 e. The maximum absolute atomic E-state index is 12.2. The summed E-state index contributed by atoms with van der Waals surface area (Å²) in [5.74, 6) is -0.442. The minimum atomic E-state index is -0.640. The summed E-state index contributed by atoms with van der Waals surface area (Å²) in [6.45, 7) is 2.12. The number of furan rings is 1. The molecule has 0 saturated heterocycles. The van der Waals surface area contributed by atoms with Crippen molar-refractivity contribution in [1.29, 1.82) is 0 Å². The van der Waals surface area contributed by atoms with Crippen molar-refractivity contribution in [3.05, 3.63) is 46.5 Å². The smallest absolute Gasteiger partial charge is 0.287 e. The fourth-order valence-corrected chi connectivity index (χ4v) is 3.03. The molecule has 0 saturated carbocycles. The summed E-state index contributed by atoms with van der Waals surface area (Å²) in [7, 11) is 3.94. The van der Waals surface area contributed by atoms with Gasteiger partial charge in [-0.05, 0) is 44.6 Å². The molecule has 0 fully saturated rings. The first-order valence-electron chi connectivity index (χ1n) is 7.31. The van der Waals surface area contributed by atoms with Gasteiger partial charge in [0.05, 0.1) is 12.3 Å². The number of carbonyl (C=O) groups excluding carboxylic acids is 2.